The molecule has 1 fully saturated rings. The number of amides is 1. The van der Waals surface area contributed by atoms with Gasteiger partial charge in [-0.2, -0.15) is 11.8 Å². The van der Waals surface area contributed by atoms with Crippen LogP contribution in [-0.4, -0.2) is 44.2 Å². The lowest BCUT2D eigenvalue weighted by molar-refractivity contribution is -0.144. The van der Waals surface area contributed by atoms with Gasteiger partial charge in [0.2, 0.25) is 0 Å². The van der Waals surface area contributed by atoms with Crippen LogP contribution >= 0.6 is 11.8 Å². The molecule has 0 unspecified atom stereocenters. The Labute approximate surface area is 136 Å². The average molecular weight is 335 g/mol. The summed E-state index contributed by atoms with van der Waals surface area (Å²) in [6.07, 6.45) is 0.823. The maximum Gasteiger partial charge on any atom is 0.329 e. The van der Waals surface area contributed by atoms with Crippen LogP contribution in [0.2, 0.25) is 0 Å². The highest BCUT2D eigenvalue weighted by Crippen LogP contribution is 2.29. The fourth-order valence-corrected chi connectivity index (χ4v) is 3.98. The van der Waals surface area contributed by atoms with Gasteiger partial charge in [-0.1, -0.05) is 5.16 Å². The molecule has 1 amide bonds. The highest BCUT2D eigenvalue weighted by Gasteiger charge is 2.41. The van der Waals surface area contributed by atoms with Crippen LogP contribution in [0.25, 0.3) is 11.1 Å². The van der Waals surface area contributed by atoms with Gasteiger partial charge in [-0.15, -0.1) is 0 Å². The summed E-state index contributed by atoms with van der Waals surface area (Å²) < 4.78 is 5.12. The van der Waals surface area contributed by atoms with E-state index in [-0.39, 0.29) is 5.71 Å². The zero-order valence-electron chi connectivity index (χ0n) is 12.9. The number of pyridine rings is 1. The molecular formula is C15H17N3O4S. The van der Waals surface area contributed by atoms with Gasteiger partial charge >= 0.3 is 5.97 Å². The molecule has 8 heteroatoms. The van der Waals surface area contributed by atoms with E-state index in [1.54, 1.807) is 31.7 Å². The molecule has 122 valence electrons. The van der Waals surface area contributed by atoms with E-state index in [1.807, 2.05) is 0 Å². The Morgan fingerprint density at radius 3 is 2.70 bits per heavy atom. The van der Waals surface area contributed by atoms with E-state index in [2.05, 4.69) is 15.5 Å². The minimum absolute atomic E-state index is 0.288. The molecule has 2 aromatic rings. The number of rotatable bonds is 3. The van der Waals surface area contributed by atoms with E-state index >= 15 is 0 Å². The second-order valence-corrected chi connectivity index (χ2v) is 6.94. The van der Waals surface area contributed by atoms with Crippen molar-refractivity contribution in [2.45, 2.75) is 32.2 Å². The molecule has 23 heavy (non-hydrogen) atoms. The second kappa shape index (κ2) is 5.84. The summed E-state index contributed by atoms with van der Waals surface area (Å²) in [7, 11) is 0. The van der Waals surface area contributed by atoms with Crippen molar-refractivity contribution in [3.8, 4) is 0 Å². The van der Waals surface area contributed by atoms with E-state index in [1.165, 1.54) is 0 Å². The number of aliphatic carboxylic acids is 1. The second-order valence-electron chi connectivity index (χ2n) is 5.71. The summed E-state index contributed by atoms with van der Waals surface area (Å²) in [6.45, 7) is 3.47. The van der Waals surface area contributed by atoms with Crippen LogP contribution in [-0.2, 0) is 4.79 Å². The van der Waals surface area contributed by atoms with Crippen LogP contribution < -0.4 is 5.32 Å². The van der Waals surface area contributed by atoms with Gasteiger partial charge in [0.05, 0.1) is 16.6 Å². The van der Waals surface area contributed by atoms with Crippen LogP contribution in [0.5, 0.6) is 0 Å². The van der Waals surface area contributed by atoms with Gasteiger partial charge in [-0.25, -0.2) is 9.78 Å². The fraction of sp³-hybridized carbons (Fsp3) is 0.467. The van der Waals surface area contributed by atoms with Crippen molar-refractivity contribution in [3.05, 3.63) is 23.0 Å². The molecule has 0 aliphatic carbocycles. The van der Waals surface area contributed by atoms with E-state index in [4.69, 9.17) is 4.52 Å². The molecule has 0 atom stereocenters. The Morgan fingerprint density at radius 1 is 1.35 bits per heavy atom. The topological polar surface area (TPSA) is 105 Å². The van der Waals surface area contributed by atoms with Gasteiger partial charge in [-0.3, -0.25) is 4.79 Å². The predicted molar refractivity (Wildman–Crippen MR) is 85.7 cm³/mol. The Morgan fingerprint density at radius 2 is 2.04 bits per heavy atom. The van der Waals surface area contributed by atoms with Crippen LogP contribution in [0.4, 0.5) is 0 Å². The van der Waals surface area contributed by atoms with Crippen LogP contribution in [0.15, 0.2) is 10.6 Å². The van der Waals surface area contributed by atoms with Gasteiger partial charge in [0.1, 0.15) is 5.54 Å². The fourth-order valence-electron chi connectivity index (χ4n) is 2.79. The van der Waals surface area contributed by atoms with Crippen molar-refractivity contribution < 1.29 is 19.2 Å². The maximum absolute atomic E-state index is 12.8. The SMILES string of the molecule is Cc1cc(C(=O)NC2(C(=O)O)CCSCC2)c2c(C)noc2n1. The van der Waals surface area contributed by atoms with Gasteiger partial charge in [0.25, 0.3) is 11.6 Å². The third kappa shape index (κ3) is 2.78. The van der Waals surface area contributed by atoms with Gasteiger partial charge in [-0.05, 0) is 44.3 Å². The number of hydrogen-bond donors (Lipinski definition) is 2. The predicted octanol–water partition coefficient (Wildman–Crippen LogP) is 1.92. The number of aromatic nitrogens is 2. The first-order valence-electron chi connectivity index (χ1n) is 7.30. The van der Waals surface area contributed by atoms with Gasteiger partial charge in [0.15, 0.2) is 0 Å². The first-order chi connectivity index (χ1) is 10.9. The molecule has 1 aliphatic rings. The number of aryl methyl sites for hydroxylation is 2. The van der Waals surface area contributed by atoms with Crippen molar-refractivity contribution >= 4 is 34.7 Å². The molecule has 0 radical (unpaired) electrons. The number of hydrogen-bond acceptors (Lipinski definition) is 6. The van der Waals surface area contributed by atoms with Gasteiger partial charge in [0, 0.05) is 5.69 Å². The van der Waals surface area contributed by atoms with E-state index in [0.29, 0.717) is 46.7 Å². The number of nitrogens with zero attached hydrogens (tertiary/aromatic N) is 2. The Balaban J connectivity index is 2.00. The normalized spacial score (nSPS) is 17.1. The minimum atomic E-state index is -1.21. The van der Waals surface area contributed by atoms with E-state index < -0.39 is 17.4 Å². The molecule has 7 nitrogen and oxygen atoms in total. The molecule has 0 bridgehead atoms. The summed E-state index contributed by atoms with van der Waals surface area (Å²) in [5, 5.41) is 16.7. The van der Waals surface area contributed by atoms with Crippen molar-refractivity contribution in [2.75, 3.05) is 11.5 Å². The summed E-state index contributed by atoms with van der Waals surface area (Å²) in [6, 6.07) is 1.63. The van der Waals surface area contributed by atoms with Crippen LogP contribution in [0.3, 0.4) is 0 Å². The van der Waals surface area contributed by atoms with E-state index in [0.717, 1.165) is 0 Å². The number of carboxylic acid groups (broad SMARTS) is 1. The molecule has 0 aromatic carbocycles. The molecular weight excluding hydrogens is 318 g/mol. The zero-order chi connectivity index (χ0) is 16.6. The number of fused-ring (bicyclic) bond motifs is 1. The van der Waals surface area contributed by atoms with Crippen LogP contribution in [0.1, 0.15) is 34.6 Å². The maximum atomic E-state index is 12.8. The average Bonchev–Trinajstić information content (AvgIpc) is 2.88. The summed E-state index contributed by atoms with van der Waals surface area (Å²) in [5.41, 5.74) is 0.599. The van der Waals surface area contributed by atoms with Crippen molar-refractivity contribution in [1.82, 2.24) is 15.5 Å². The molecule has 2 N–H and O–H groups in total. The Kier molecular flexibility index (Phi) is 4.01. The quantitative estimate of drug-likeness (QED) is 0.882. The molecule has 0 spiro atoms. The third-order valence-electron chi connectivity index (χ3n) is 4.10. The van der Waals surface area contributed by atoms with Crippen molar-refractivity contribution in [3.63, 3.8) is 0 Å². The van der Waals surface area contributed by atoms with Crippen LogP contribution in [0, 0.1) is 13.8 Å². The number of carboxylic acids is 1. The first-order valence-corrected chi connectivity index (χ1v) is 8.46. The first kappa shape index (κ1) is 15.8. The number of carbonyl (C=O) groups is 2. The number of carbonyl (C=O) groups excluding carboxylic acids is 1. The number of nitrogens with one attached hydrogen (secondary N) is 1. The molecule has 1 aliphatic heterocycles. The lowest BCUT2D eigenvalue weighted by Crippen LogP contribution is -2.56. The lowest BCUT2D eigenvalue weighted by Gasteiger charge is -2.33. The largest absolute Gasteiger partial charge is 0.480 e. The molecule has 0 saturated carbocycles. The summed E-state index contributed by atoms with van der Waals surface area (Å²) >= 11 is 1.70. The van der Waals surface area contributed by atoms with Gasteiger partial charge < -0.3 is 14.9 Å². The standard InChI is InChI=1S/C15H17N3O4S/c1-8-7-10(11-9(2)18-22-13(11)16-8)12(19)17-15(14(20)21)3-5-23-6-4-15/h7H,3-6H2,1-2H3,(H,17,19)(H,20,21). The monoisotopic (exact) mass is 335 g/mol. The highest BCUT2D eigenvalue weighted by molar-refractivity contribution is 7.99. The number of thioether (sulfide) groups is 1. The summed E-state index contributed by atoms with van der Waals surface area (Å²) in [4.78, 5) is 28.7. The Hall–Kier alpha value is -2.09. The smallest absolute Gasteiger partial charge is 0.329 e. The lowest BCUT2D eigenvalue weighted by atomic mass is 9.91. The van der Waals surface area contributed by atoms with E-state index in [9.17, 15) is 14.7 Å². The molecule has 3 rings (SSSR count). The Bertz CT molecular complexity index is 780. The zero-order valence-corrected chi connectivity index (χ0v) is 13.7. The highest BCUT2D eigenvalue weighted by atomic mass is 32.2. The minimum Gasteiger partial charge on any atom is -0.480 e. The van der Waals surface area contributed by atoms with Crippen molar-refractivity contribution in [2.24, 2.45) is 0 Å². The van der Waals surface area contributed by atoms with Crippen molar-refractivity contribution in [1.29, 1.82) is 0 Å². The third-order valence-corrected chi connectivity index (χ3v) is 5.08. The summed E-state index contributed by atoms with van der Waals surface area (Å²) in [5.74, 6) is 0.00384. The molecule has 1 saturated heterocycles. The molecule has 2 aromatic heterocycles. The molecule has 3 heterocycles.